The van der Waals surface area contributed by atoms with E-state index in [0.717, 1.165) is 19.5 Å². The maximum atomic E-state index is 11.2. The van der Waals surface area contributed by atoms with Gasteiger partial charge in [0, 0.05) is 19.6 Å². The summed E-state index contributed by atoms with van der Waals surface area (Å²) in [7, 11) is -1.28. The Morgan fingerprint density at radius 1 is 1.39 bits per heavy atom. The first kappa shape index (κ1) is 15.5. The molecule has 0 aliphatic carbocycles. The fourth-order valence-corrected chi connectivity index (χ4v) is 2.76. The van der Waals surface area contributed by atoms with Crippen molar-refractivity contribution >= 4 is 13.1 Å². The quantitative estimate of drug-likeness (QED) is 0.579. The van der Waals surface area contributed by atoms with Crippen LogP contribution in [0.25, 0.3) is 0 Å². The summed E-state index contributed by atoms with van der Waals surface area (Å²) < 4.78 is 0. The number of carboxylic acid groups (broad SMARTS) is 1. The van der Waals surface area contributed by atoms with Crippen molar-refractivity contribution in [3.8, 4) is 0 Å². The van der Waals surface area contributed by atoms with Crippen LogP contribution in [0.5, 0.6) is 0 Å². The summed E-state index contributed by atoms with van der Waals surface area (Å²) in [6.07, 6.45) is 1.75. The van der Waals surface area contributed by atoms with E-state index in [9.17, 15) is 9.90 Å². The molecule has 5 nitrogen and oxygen atoms in total. The Kier molecular flexibility index (Phi) is 6.12. The number of rotatable bonds is 7. The smallest absolute Gasteiger partial charge is 0.451 e. The van der Waals surface area contributed by atoms with Gasteiger partial charge in [-0.25, -0.2) is 0 Å². The van der Waals surface area contributed by atoms with Crippen LogP contribution in [0.4, 0.5) is 0 Å². The molecule has 1 heterocycles. The highest BCUT2D eigenvalue weighted by molar-refractivity contribution is 6.40. The standard InChI is InChI=1S/C12H24BNO4/c1-9(2)6-14-7-10(4-3-5-13(17)18)11(8-14)12(15)16/h9-11,17-18H,3-8H2,1-2H3,(H,15,16). The van der Waals surface area contributed by atoms with Crippen molar-refractivity contribution < 1.29 is 19.9 Å². The summed E-state index contributed by atoms with van der Waals surface area (Å²) in [4.78, 5) is 13.4. The summed E-state index contributed by atoms with van der Waals surface area (Å²) >= 11 is 0. The van der Waals surface area contributed by atoms with Gasteiger partial charge in [-0.05, 0) is 24.6 Å². The number of aliphatic carboxylic acids is 1. The van der Waals surface area contributed by atoms with Gasteiger partial charge in [-0.1, -0.05) is 20.3 Å². The molecule has 2 unspecified atom stereocenters. The van der Waals surface area contributed by atoms with Crippen LogP contribution < -0.4 is 0 Å². The molecule has 0 amide bonds. The summed E-state index contributed by atoms with van der Waals surface area (Å²) in [5, 5.41) is 26.8. The second-order valence-electron chi connectivity index (χ2n) is 5.73. The Balaban J connectivity index is 2.45. The number of nitrogens with zero attached hydrogens (tertiary/aromatic N) is 1. The molecule has 0 aromatic carbocycles. The molecule has 0 radical (unpaired) electrons. The highest BCUT2D eigenvalue weighted by Gasteiger charge is 2.37. The van der Waals surface area contributed by atoms with Crippen molar-refractivity contribution in [2.75, 3.05) is 19.6 Å². The van der Waals surface area contributed by atoms with E-state index >= 15 is 0 Å². The monoisotopic (exact) mass is 257 g/mol. The zero-order valence-corrected chi connectivity index (χ0v) is 11.2. The normalized spacial score (nSPS) is 24.7. The summed E-state index contributed by atoms with van der Waals surface area (Å²) in [6.45, 7) is 6.63. The molecule has 0 aromatic heterocycles. The molecule has 1 saturated heterocycles. The van der Waals surface area contributed by atoms with Crippen LogP contribution in [0.2, 0.25) is 6.32 Å². The van der Waals surface area contributed by atoms with Crippen LogP contribution >= 0.6 is 0 Å². The molecule has 104 valence electrons. The lowest BCUT2D eigenvalue weighted by atomic mass is 9.80. The first-order chi connectivity index (χ1) is 8.40. The third-order valence-corrected chi connectivity index (χ3v) is 3.49. The number of hydrogen-bond donors (Lipinski definition) is 3. The number of likely N-dealkylation sites (tertiary alicyclic amines) is 1. The van der Waals surface area contributed by atoms with E-state index < -0.39 is 13.1 Å². The average Bonchev–Trinajstić information content (AvgIpc) is 2.59. The molecular formula is C12H24BNO4. The van der Waals surface area contributed by atoms with Crippen molar-refractivity contribution in [3.63, 3.8) is 0 Å². The van der Waals surface area contributed by atoms with Gasteiger partial charge in [0.15, 0.2) is 0 Å². The SMILES string of the molecule is CC(C)CN1CC(CCCB(O)O)C(C(=O)O)C1. The predicted octanol–water partition coefficient (Wildman–Crippen LogP) is 0.528. The minimum atomic E-state index is -1.28. The maximum Gasteiger partial charge on any atom is 0.451 e. The van der Waals surface area contributed by atoms with E-state index in [4.69, 9.17) is 10.0 Å². The Bertz CT molecular complexity index is 273. The van der Waals surface area contributed by atoms with E-state index in [1.54, 1.807) is 0 Å². The zero-order valence-electron chi connectivity index (χ0n) is 11.2. The molecule has 0 aromatic rings. The molecule has 0 saturated carbocycles. The predicted molar refractivity (Wildman–Crippen MR) is 70.1 cm³/mol. The van der Waals surface area contributed by atoms with Crippen molar-refractivity contribution in [2.45, 2.75) is 33.0 Å². The number of hydrogen-bond acceptors (Lipinski definition) is 4. The molecule has 0 spiro atoms. The molecular weight excluding hydrogens is 233 g/mol. The fraction of sp³-hybridized carbons (Fsp3) is 0.917. The molecule has 1 aliphatic rings. The molecule has 6 heteroatoms. The van der Waals surface area contributed by atoms with Crippen LogP contribution in [0.15, 0.2) is 0 Å². The second-order valence-corrected chi connectivity index (χ2v) is 5.73. The lowest BCUT2D eigenvalue weighted by Gasteiger charge is -2.17. The fourth-order valence-electron chi connectivity index (χ4n) is 2.76. The summed E-state index contributed by atoms with van der Waals surface area (Å²) in [5.41, 5.74) is 0. The maximum absolute atomic E-state index is 11.2. The second kappa shape index (κ2) is 7.11. The van der Waals surface area contributed by atoms with Crippen LogP contribution in [-0.4, -0.2) is 52.8 Å². The van der Waals surface area contributed by atoms with Crippen molar-refractivity contribution in [1.82, 2.24) is 4.90 Å². The van der Waals surface area contributed by atoms with Gasteiger partial charge in [0.1, 0.15) is 0 Å². The van der Waals surface area contributed by atoms with E-state index in [0.29, 0.717) is 25.2 Å². The van der Waals surface area contributed by atoms with Gasteiger partial charge in [-0.15, -0.1) is 0 Å². The van der Waals surface area contributed by atoms with E-state index in [1.807, 2.05) is 0 Å². The summed E-state index contributed by atoms with van der Waals surface area (Å²) in [6, 6.07) is 0. The Labute approximate surface area is 109 Å². The van der Waals surface area contributed by atoms with Gasteiger partial charge in [-0.2, -0.15) is 0 Å². The van der Waals surface area contributed by atoms with E-state index in [2.05, 4.69) is 18.7 Å². The van der Waals surface area contributed by atoms with Gasteiger partial charge < -0.3 is 20.1 Å². The molecule has 1 rings (SSSR count). The third kappa shape index (κ3) is 4.96. The zero-order chi connectivity index (χ0) is 13.7. The van der Waals surface area contributed by atoms with Crippen LogP contribution in [-0.2, 0) is 4.79 Å². The Morgan fingerprint density at radius 3 is 2.56 bits per heavy atom. The molecule has 1 aliphatic heterocycles. The van der Waals surface area contributed by atoms with Crippen molar-refractivity contribution in [3.05, 3.63) is 0 Å². The highest BCUT2D eigenvalue weighted by atomic mass is 16.4. The first-order valence-corrected chi connectivity index (χ1v) is 6.71. The summed E-state index contributed by atoms with van der Waals surface area (Å²) in [5.74, 6) is -0.354. The number of carboxylic acids is 1. The largest absolute Gasteiger partial charge is 0.481 e. The lowest BCUT2D eigenvalue weighted by molar-refractivity contribution is -0.142. The van der Waals surface area contributed by atoms with Gasteiger partial charge >= 0.3 is 13.1 Å². The van der Waals surface area contributed by atoms with Crippen molar-refractivity contribution in [1.29, 1.82) is 0 Å². The van der Waals surface area contributed by atoms with Crippen LogP contribution in [0.3, 0.4) is 0 Å². The van der Waals surface area contributed by atoms with Gasteiger partial charge in [-0.3, -0.25) is 4.79 Å². The third-order valence-electron chi connectivity index (χ3n) is 3.49. The van der Waals surface area contributed by atoms with Crippen LogP contribution in [0, 0.1) is 17.8 Å². The highest BCUT2D eigenvalue weighted by Crippen LogP contribution is 2.28. The van der Waals surface area contributed by atoms with E-state index in [-0.39, 0.29) is 11.8 Å². The van der Waals surface area contributed by atoms with Gasteiger partial charge in [0.25, 0.3) is 0 Å². The topological polar surface area (TPSA) is 81.0 Å². The van der Waals surface area contributed by atoms with Gasteiger partial charge in [0.2, 0.25) is 0 Å². The van der Waals surface area contributed by atoms with Gasteiger partial charge in [0.05, 0.1) is 5.92 Å². The molecule has 2 atom stereocenters. The molecule has 3 N–H and O–H groups in total. The minimum absolute atomic E-state index is 0.139. The number of carbonyl (C=O) groups is 1. The Hall–Kier alpha value is -0.585. The molecule has 18 heavy (non-hydrogen) atoms. The molecule has 0 bridgehead atoms. The van der Waals surface area contributed by atoms with E-state index in [1.165, 1.54) is 0 Å². The molecule has 1 fully saturated rings. The Morgan fingerprint density at radius 2 is 2.06 bits per heavy atom. The minimum Gasteiger partial charge on any atom is -0.481 e. The van der Waals surface area contributed by atoms with Crippen molar-refractivity contribution in [2.24, 2.45) is 17.8 Å². The lowest BCUT2D eigenvalue weighted by Crippen LogP contribution is -2.26. The average molecular weight is 257 g/mol. The first-order valence-electron chi connectivity index (χ1n) is 6.71. The van der Waals surface area contributed by atoms with Crippen LogP contribution in [0.1, 0.15) is 26.7 Å².